The lowest BCUT2D eigenvalue weighted by molar-refractivity contribution is -0.137. The average Bonchev–Trinajstić information content (AvgIpc) is 2.94. The van der Waals surface area contributed by atoms with Crippen LogP contribution < -0.4 is 20.3 Å². The Bertz CT molecular complexity index is 910. The minimum Gasteiger partial charge on any atom is -0.493 e. The fourth-order valence-electron chi connectivity index (χ4n) is 4.21. The molecule has 0 aromatic heterocycles. The van der Waals surface area contributed by atoms with Crippen molar-refractivity contribution in [3.05, 3.63) is 23.8 Å². The summed E-state index contributed by atoms with van der Waals surface area (Å²) in [4.78, 5) is 52.8. The van der Waals surface area contributed by atoms with Crippen molar-refractivity contribution < 1.29 is 28.7 Å². The number of hydrazine groups is 1. The lowest BCUT2D eigenvalue weighted by Gasteiger charge is -2.35. The van der Waals surface area contributed by atoms with Crippen molar-refractivity contribution in [1.29, 1.82) is 0 Å². The first-order valence-electron chi connectivity index (χ1n) is 10.7. The highest BCUT2D eigenvalue weighted by Gasteiger charge is 2.55. The summed E-state index contributed by atoms with van der Waals surface area (Å²) in [5.74, 6) is -0.723. The predicted molar refractivity (Wildman–Crippen MR) is 115 cm³/mol. The molecular weight excluding hydrogens is 416 g/mol. The van der Waals surface area contributed by atoms with Gasteiger partial charge in [-0.2, -0.15) is 0 Å². The number of hydrogen-bond acceptors (Lipinski definition) is 6. The van der Waals surface area contributed by atoms with Crippen LogP contribution in [0.4, 0.5) is 4.79 Å². The number of ether oxygens (including phenoxy) is 2. The van der Waals surface area contributed by atoms with Crippen molar-refractivity contribution in [2.24, 2.45) is 0 Å². The predicted octanol–water partition coefficient (Wildman–Crippen LogP) is 1.84. The van der Waals surface area contributed by atoms with Gasteiger partial charge in [0.1, 0.15) is 12.1 Å². The fraction of sp³-hybridized carbons (Fsp3) is 0.545. The normalized spacial score (nSPS) is 17.7. The summed E-state index contributed by atoms with van der Waals surface area (Å²) >= 11 is 0. The van der Waals surface area contributed by atoms with Gasteiger partial charge in [-0.15, -0.1) is 0 Å². The van der Waals surface area contributed by atoms with Gasteiger partial charge in [0.15, 0.2) is 11.5 Å². The van der Waals surface area contributed by atoms with Crippen LogP contribution in [0, 0.1) is 0 Å². The summed E-state index contributed by atoms with van der Waals surface area (Å²) in [6, 6.07) is 4.14. The van der Waals surface area contributed by atoms with Gasteiger partial charge in [0.25, 0.3) is 17.7 Å². The second-order valence-electron chi connectivity index (χ2n) is 8.36. The van der Waals surface area contributed by atoms with E-state index in [0.29, 0.717) is 24.3 Å². The van der Waals surface area contributed by atoms with Crippen LogP contribution in [0.3, 0.4) is 0 Å². The van der Waals surface area contributed by atoms with E-state index in [2.05, 4.69) is 10.9 Å². The van der Waals surface area contributed by atoms with Crippen LogP contribution in [-0.2, 0) is 9.59 Å². The third kappa shape index (κ3) is 4.49. The van der Waals surface area contributed by atoms with Crippen LogP contribution >= 0.6 is 0 Å². The van der Waals surface area contributed by atoms with Gasteiger partial charge < -0.3 is 14.4 Å². The summed E-state index contributed by atoms with van der Waals surface area (Å²) in [5.41, 5.74) is 3.95. The number of benzene rings is 1. The standard InChI is InChI=1S/C22H30N4O6/c1-14(2)32-16-9-8-15(12-17(16)31-4)19(28)24-23-18(27)13-26-20(29)22(25(3)21(26)30)10-6-5-7-11-22/h8-9,12,14H,5-7,10-11,13H2,1-4H3,(H,23,27)(H,24,28). The van der Waals surface area contributed by atoms with Crippen molar-refractivity contribution in [2.45, 2.75) is 57.6 Å². The Labute approximate surface area is 187 Å². The molecule has 0 atom stereocenters. The molecule has 32 heavy (non-hydrogen) atoms. The SMILES string of the molecule is COc1cc(C(=O)NNC(=O)CN2C(=O)N(C)C3(CCCCC3)C2=O)ccc1OC(C)C. The number of urea groups is 1. The number of methoxy groups -OCH3 is 1. The van der Waals surface area contributed by atoms with E-state index in [0.717, 1.165) is 24.2 Å². The van der Waals surface area contributed by atoms with Crippen LogP contribution in [0.1, 0.15) is 56.3 Å². The molecule has 2 fully saturated rings. The molecule has 5 amide bonds. The molecule has 1 saturated heterocycles. The Morgan fingerprint density at radius 3 is 2.41 bits per heavy atom. The molecule has 2 aliphatic rings. The van der Waals surface area contributed by atoms with Gasteiger partial charge in [0.2, 0.25) is 0 Å². The van der Waals surface area contributed by atoms with Crippen molar-refractivity contribution in [3.8, 4) is 11.5 Å². The molecule has 10 nitrogen and oxygen atoms in total. The maximum absolute atomic E-state index is 12.9. The lowest BCUT2D eigenvalue weighted by atomic mass is 9.81. The van der Waals surface area contributed by atoms with E-state index < -0.39 is 29.9 Å². The second-order valence-corrected chi connectivity index (χ2v) is 8.36. The number of nitrogens with zero attached hydrogens (tertiary/aromatic N) is 2. The third-order valence-corrected chi connectivity index (χ3v) is 5.89. The van der Waals surface area contributed by atoms with Crippen LogP contribution in [-0.4, -0.2) is 65.9 Å². The highest BCUT2D eigenvalue weighted by atomic mass is 16.5. The van der Waals surface area contributed by atoms with E-state index in [4.69, 9.17) is 9.47 Å². The average molecular weight is 447 g/mol. The minimum absolute atomic E-state index is 0.0642. The summed E-state index contributed by atoms with van der Waals surface area (Å²) in [6.45, 7) is 3.28. The molecule has 2 N–H and O–H groups in total. The molecule has 0 unspecified atom stereocenters. The van der Waals surface area contributed by atoms with Gasteiger partial charge in [-0.05, 0) is 44.9 Å². The largest absolute Gasteiger partial charge is 0.493 e. The lowest BCUT2D eigenvalue weighted by Crippen LogP contribution is -2.50. The minimum atomic E-state index is -0.852. The summed E-state index contributed by atoms with van der Waals surface area (Å²) in [5, 5.41) is 0. The molecule has 1 saturated carbocycles. The van der Waals surface area contributed by atoms with Gasteiger partial charge in [-0.1, -0.05) is 19.3 Å². The topological polar surface area (TPSA) is 117 Å². The second kappa shape index (κ2) is 9.46. The van der Waals surface area contributed by atoms with Crippen LogP contribution in [0.25, 0.3) is 0 Å². The number of nitrogens with one attached hydrogen (secondary N) is 2. The number of likely N-dealkylation sites (N-methyl/N-ethyl adjacent to an activating group) is 1. The van der Waals surface area contributed by atoms with Crippen LogP contribution in [0.2, 0.25) is 0 Å². The van der Waals surface area contributed by atoms with Gasteiger partial charge in [-0.3, -0.25) is 30.1 Å². The van der Waals surface area contributed by atoms with E-state index in [-0.39, 0.29) is 17.6 Å². The van der Waals surface area contributed by atoms with Gasteiger partial charge in [0.05, 0.1) is 13.2 Å². The van der Waals surface area contributed by atoms with Gasteiger partial charge in [-0.25, -0.2) is 4.79 Å². The molecule has 3 rings (SSSR count). The number of amides is 5. The highest BCUT2D eigenvalue weighted by Crippen LogP contribution is 2.39. The Balaban J connectivity index is 1.59. The van der Waals surface area contributed by atoms with E-state index in [1.807, 2.05) is 13.8 Å². The molecule has 174 valence electrons. The zero-order valence-electron chi connectivity index (χ0n) is 18.9. The monoisotopic (exact) mass is 446 g/mol. The number of hydrogen-bond donors (Lipinski definition) is 2. The quantitative estimate of drug-likeness (QED) is 0.509. The first kappa shape index (κ1) is 23.4. The summed E-state index contributed by atoms with van der Waals surface area (Å²) < 4.78 is 10.9. The molecule has 1 aliphatic carbocycles. The fourth-order valence-corrected chi connectivity index (χ4v) is 4.21. The number of rotatable bonds is 6. The van der Waals surface area contributed by atoms with Crippen molar-refractivity contribution in [1.82, 2.24) is 20.7 Å². The molecule has 1 spiro atoms. The van der Waals surface area contributed by atoms with E-state index in [1.54, 1.807) is 13.1 Å². The smallest absolute Gasteiger partial charge is 0.327 e. The molecule has 0 bridgehead atoms. The molecular formula is C22H30N4O6. The van der Waals surface area contributed by atoms with Crippen molar-refractivity contribution in [3.63, 3.8) is 0 Å². The Morgan fingerprint density at radius 2 is 1.78 bits per heavy atom. The maximum atomic E-state index is 12.9. The molecule has 1 aromatic rings. The molecule has 1 heterocycles. The highest BCUT2D eigenvalue weighted by molar-refractivity contribution is 6.09. The van der Waals surface area contributed by atoms with E-state index in [1.165, 1.54) is 24.1 Å². The van der Waals surface area contributed by atoms with Crippen LogP contribution in [0.5, 0.6) is 11.5 Å². The van der Waals surface area contributed by atoms with Crippen molar-refractivity contribution >= 4 is 23.8 Å². The third-order valence-electron chi connectivity index (χ3n) is 5.89. The summed E-state index contributed by atoms with van der Waals surface area (Å²) in [7, 11) is 3.07. The Kier molecular flexibility index (Phi) is 6.90. The Morgan fingerprint density at radius 1 is 1.09 bits per heavy atom. The van der Waals surface area contributed by atoms with Crippen LogP contribution in [0.15, 0.2) is 18.2 Å². The molecule has 10 heteroatoms. The van der Waals surface area contributed by atoms with Gasteiger partial charge >= 0.3 is 6.03 Å². The zero-order valence-corrected chi connectivity index (χ0v) is 18.9. The number of carbonyl (C=O) groups excluding carboxylic acids is 4. The van der Waals surface area contributed by atoms with Gasteiger partial charge in [0, 0.05) is 12.6 Å². The summed E-state index contributed by atoms with van der Waals surface area (Å²) in [6.07, 6.45) is 3.89. The van der Waals surface area contributed by atoms with E-state index in [9.17, 15) is 19.2 Å². The molecule has 0 radical (unpaired) electrons. The number of carbonyl (C=O) groups is 4. The first-order chi connectivity index (χ1) is 15.2. The molecule has 1 aliphatic heterocycles. The van der Waals surface area contributed by atoms with Crippen molar-refractivity contribution in [2.75, 3.05) is 20.7 Å². The van der Waals surface area contributed by atoms with E-state index >= 15 is 0 Å². The Hall–Kier alpha value is -3.30. The first-order valence-corrected chi connectivity index (χ1v) is 10.7. The zero-order chi connectivity index (χ0) is 23.5. The maximum Gasteiger partial charge on any atom is 0.327 e. The molecule has 1 aromatic carbocycles. The number of imide groups is 1.